The van der Waals surface area contributed by atoms with Crippen LogP contribution in [0.2, 0.25) is 0 Å². The lowest BCUT2D eigenvalue weighted by molar-refractivity contribution is 0.441. The lowest BCUT2D eigenvalue weighted by Gasteiger charge is -1.98. The summed E-state index contributed by atoms with van der Waals surface area (Å²) in [7, 11) is 0. The van der Waals surface area contributed by atoms with Crippen molar-refractivity contribution in [1.82, 2.24) is 5.16 Å². The van der Waals surface area contributed by atoms with E-state index in [1.54, 1.807) is 0 Å². The van der Waals surface area contributed by atoms with Crippen molar-refractivity contribution >= 4 is 32.5 Å². The van der Waals surface area contributed by atoms with E-state index >= 15 is 0 Å². The molecule has 1 aromatic heterocycles. The van der Waals surface area contributed by atoms with E-state index in [4.69, 9.17) is 10.3 Å². The van der Waals surface area contributed by atoms with Crippen LogP contribution < -0.4 is 5.73 Å². The van der Waals surface area contributed by atoms with E-state index in [-0.39, 0.29) is 0 Å². The van der Waals surface area contributed by atoms with Crippen LogP contribution in [0.4, 0.5) is 5.69 Å². The van der Waals surface area contributed by atoms with Gasteiger partial charge in [0.25, 0.3) is 0 Å². The van der Waals surface area contributed by atoms with Gasteiger partial charge in [0, 0.05) is 15.7 Å². The zero-order valence-electron chi connectivity index (χ0n) is 8.85. The third-order valence-electron chi connectivity index (χ3n) is 2.59. The molecule has 4 heteroatoms. The van der Waals surface area contributed by atoms with Crippen LogP contribution in [0.3, 0.4) is 0 Å². The first-order chi connectivity index (χ1) is 8.24. The molecule has 0 aliphatic rings. The van der Waals surface area contributed by atoms with E-state index in [2.05, 4.69) is 21.1 Å². The predicted molar refractivity (Wildman–Crippen MR) is 71.6 cm³/mol. The van der Waals surface area contributed by atoms with Gasteiger partial charge >= 0.3 is 0 Å². The summed E-state index contributed by atoms with van der Waals surface area (Å²) in [4.78, 5) is 0. The summed E-state index contributed by atoms with van der Waals surface area (Å²) < 4.78 is 6.39. The Hall–Kier alpha value is -1.81. The maximum Gasteiger partial charge on any atom is 0.174 e. The van der Waals surface area contributed by atoms with Gasteiger partial charge in [0.05, 0.1) is 5.39 Å². The van der Waals surface area contributed by atoms with Gasteiger partial charge in [-0.05, 0) is 30.3 Å². The van der Waals surface area contributed by atoms with Crippen LogP contribution in [0, 0.1) is 0 Å². The molecule has 0 aliphatic carbocycles. The van der Waals surface area contributed by atoms with E-state index < -0.39 is 0 Å². The standard InChI is InChI=1S/C13H9BrN2O/c14-9-3-1-2-8(6-9)13-11-7-10(15)4-5-12(11)16-17-13/h1-7H,15H2. The number of halogens is 1. The van der Waals surface area contributed by atoms with Crippen LogP contribution in [0.15, 0.2) is 51.5 Å². The molecular weight excluding hydrogens is 280 g/mol. The monoisotopic (exact) mass is 288 g/mol. The highest BCUT2D eigenvalue weighted by atomic mass is 79.9. The number of benzene rings is 2. The van der Waals surface area contributed by atoms with Gasteiger partial charge in [0.2, 0.25) is 0 Å². The van der Waals surface area contributed by atoms with Gasteiger partial charge in [-0.3, -0.25) is 0 Å². The quantitative estimate of drug-likeness (QED) is 0.692. The zero-order valence-corrected chi connectivity index (χ0v) is 10.4. The SMILES string of the molecule is Nc1ccc2noc(-c3cccc(Br)c3)c2c1. The molecule has 1 heterocycles. The average Bonchev–Trinajstić information content (AvgIpc) is 2.71. The second-order valence-electron chi connectivity index (χ2n) is 3.80. The maximum absolute atomic E-state index is 5.78. The van der Waals surface area contributed by atoms with Crippen molar-refractivity contribution in [2.24, 2.45) is 0 Å². The first-order valence-corrected chi connectivity index (χ1v) is 5.94. The second-order valence-corrected chi connectivity index (χ2v) is 4.71. The minimum absolute atomic E-state index is 0.706. The van der Waals surface area contributed by atoms with Crippen molar-refractivity contribution in [2.45, 2.75) is 0 Å². The Morgan fingerprint density at radius 3 is 2.82 bits per heavy atom. The van der Waals surface area contributed by atoms with Crippen molar-refractivity contribution in [3.05, 3.63) is 46.9 Å². The van der Waals surface area contributed by atoms with Gasteiger partial charge in [-0.1, -0.05) is 33.2 Å². The van der Waals surface area contributed by atoms with E-state index in [0.717, 1.165) is 26.7 Å². The number of rotatable bonds is 1. The molecule has 0 unspecified atom stereocenters. The average molecular weight is 289 g/mol. The second kappa shape index (κ2) is 3.89. The lowest BCUT2D eigenvalue weighted by atomic mass is 10.1. The van der Waals surface area contributed by atoms with E-state index in [1.807, 2.05) is 42.5 Å². The number of nitrogen functional groups attached to an aromatic ring is 1. The fourth-order valence-corrected chi connectivity index (χ4v) is 2.20. The molecule has 0 saturated carbocycles. The molecule has 2 N–H and O–H groups in total. The summed E-state index contributed by atoms with van der Waals surface area (Å²) >= 11 is 3.44. The van der Waals surface area contributed by atoms with Crippen LogP contribution in [0.1, 0.15) is 0 Å². The number of aromatic nitrogens is 1. The fraction of sp³-hybridized carbons (Fsp3) is 0. The first-order valence-electron chi connectivity index (χ1n) is 5.15. The van der Waals surface area contributed by atoms with Gasteiger partial charge in [0.15, 0.2) is 5.76 Å². The molecule has 0 fully saturated rings. The van der Waals surface area contributed by atoms with Gasteiger partial charge in [-0.15, -0.1) is 0 Å². The summed E-state index contributed by atoms with van der Waals surface area (Å²) in [5, 5.41) is 4.95. The molecule has 84 valence electrons. The fourth-order valence-electron chi connectivity index (χ4n) is 1.80. The summed E-state index contributed by atoms with van der Waals surface area (Å²) in [6, 6.07) is 13.4. The highest BCUT2D eigenvalue weighted by Gasteiger charge is 2.10. The molecule has 0 atom stereocenters. The lowest BCUT2D eigenvalue weighted by Crippen LogP contribution is -1.83. The number of hydrogen-bond donors (Lipinski definition) is 1. The van der Waals surface area contributed by atoms with Crippen LogP contribution >= 0.6 is 15.9 Å². The summed E-state index contributed by atoms with van der Waals surface area (Å²) in [6.45, 7) is 0. The van der Waals surface area contributed by atoms with E-state index in [1.165, 1.54) is 0 Å². The number of hydrogen-bond acceptors (Lipinski definition) is 3. The van der Waals surface area contributed by atoms with Crippen LogP contribution in [-0.2, 0) is 0 Å². The molecule has 3 rings (SSSR count). The molecule has 2 aromatic carbocycles. The van der Waals surface area contributed by atoms with Gasteiger partial charge in [-0.2, -0.15) is 0 Å². The van der Waals surface area contributed by atoms with Gasteiger partial charge in [0.1, 0.15) is 5.52 Å². The Kier molecular flexibility index (Phi) is 2.37. The van der Waals surface area contributed by atoms with Crippen molar-refractivity contribution in [3.8, 4) is 11.3 Å². The van der Waals surface area contributed by atoms with Crippen molar-refractivity contribution in [1.29, 1.82) is 0 Å². The normalized spacial score (nSPS) is 10.9. The predicted octanol–water partition coefficient (Wildman–Crippen LogP) is 3.84. The first kappa shape index (κ1) is 10.4. The molecule has 17 heavy (non-hydrogen) atoms. The Bertz CT molecular complexity index is 691. The Labute approximate surface area is 106 Å². The number of nitrogens with zero attached hydrogens (tertiary/aromatic N) is 1. The Balaban J connectivity index is 2.27. The minimum atomic E-state index is 0.706. The third kappa shape index (κ3) is 1.80. The number of fused-ring (bicyclic) bond motifs is 1. The van der Waals surface area contributed by atoms with E-state index in [0.29, 0.717) is 5.69 Å². The molecule has 0 aliphatic heterocycles. The van der Waals surface area contributed by atoms with E-state index in [9.17, 15) is 0 Å². The maximum atomic E-state index is 5.78. The molecule has 0 spiro atoms. The van der Waals surface area contributed by atoms with Gasteiger partial charge in [-0.25, -0.2) is 0 Å². The molecule has 0 amide bonds. The van der Waals surface area contributed by atoms with Gasteiger partial charge < -0.3 is 10.3 Å². The number of anilines is 1. The van der Waals surface area contributed by atoms with Crippen LogP contribution in [0.25, 0.3) is 22.2 Å². The summed E-state index contributed by atoms with van der Waals surface area (Å²) in [5.41, 5.74) is 8.28. The van der Waals surface area contributed by atoms with Crippen LogP contribution in [-0.4, -0.2) is 5.16 Å². The summed E-state index contributed by atoms with van der Waals surface area (Å²) in [6.07, 6.45) is 0. The molecule has 3 aromatic rings. The smallest absolute Gasteiger partial charge is 0.174 e. The van der Waals surface area contributed by atoms with Crippen molar-refractivity contribution < 1.29 is 4.52 Å². The minimum Gasteiger partial charge on any atom is -0.399 e. The molecule has 0 saturated heterocycles. The number of nitrogens with two attached hydrogens (primary N) is 1. The molecule has 0 bridgehead atoms. The largest absolute Gasteiger partial charge is 0.399 e. The van der Waals surface area contributed by atoms with Crippen molar-refractivity contribution in [3.63, 3.8) is 0 Å². The topological polar surface area (TPSA) is 52.0 Å². The zero-order chi connectivity index (χ0) is 11.8. The van der Waals surface area contributed by atoms with Crippen LogP contribution in [0.5, 0.6) is 0 Å². The Morgan fingerprint density at radius 1 is 1.12 bits per heavy atom. The molecule has 3 nitrogen and oxygen atoms in total. The summed E-state index contributed by atoms with van der Waals surface area (Å²) in [5.74, 6) is 0.744. The third-order valence-corrected chi connectivity index (χ3v) is 3.08. The molecular formula is C13H9BrN2O. The molecule has 0 radical (unpaired) electrons. The highest BCUT2D eigenvalue weighted by molar-refractivity contribution is 9.10. The highest BCUT2D eigenvalue weighted by Crippen LogP contribution is 2.31. The Morgan fingerprint density at radius 2 is 2.00 bits per heavy atom. The van der Waals surface area contributed by atoms with Crippen molar-refractivity contribution in [2.75, 3.05) is 5.73 Å².